The molecule has 0 unspecified atom stereocenters. The number of carbonyl (C=O) groups is 2. The van der Waals surface area contributed by atoms with E-state index in [2.05, 4.69) is 20.3 Å². The lowest BCUT2D eigenvalue weighted by Gasteiger charge is -2.11. The molecule has 1 N–H and O–H groups in total. The molecule has 7 nitrogen and oxygen atoms in total. The smallest absolute Gasteiger partial charge is 0.337 e. The third kappa shape index (κ3) is 5.47. The van der Waals surface area contributed by atoms with Gasteiger partial charge in [-0.05, 0) is 55.5 Å². The number of rotatable bonds is 7. The van der Waals surface area contributed by atoms with E-state index in [0.29, 0.717) is 27.3 Å². The van der Waals surface area contributed by atoms with Gasteiger partial charge in [0.1, 0.15) is 0 Å². The Balaban J connectivity index is 1.53. The van der Waals surface area contributed by atoms with E-state index in [1.165, 1.54) is 18.9 Å². The number of carbonyl (C=O) groups excluding carboxylic acids is 2. The molecule has 0 radical (unpaired) electrons. The SMILES string of the molecule is COC(=O)c1ccc(NC(=O)CSc2nnc(-c3ccc(C)cc3)n2-c2ccc(Cl)cc2)cc1. The lowest BCUT2D eigenvalue weighted by molar-refractivity contribution is -0.113. The maximum atomic E-state index is 12.6. The third-order valence-corrected chi connectivity index (χ3v) is 6.13. The topological polar surface area (TPSA) is 86.1 Å². The monoisotopic (exact) mass is 492 g/mol. The predicted octanol–water partition coefficient (Wildman–Crippen LogP) is 5.41. The summed E-state index contributed by atoms with van der Waals surface area (Å²) in [5.41, 5.74) is 3.89. The number of amides is 1. The highest BCUT2D eigenvalue weighted by molar-refractivity contribution is 7.99. The van der Waals surface area contributed by atoms with Crippen molar-refractivity contribution >= 4 is 40.9 Å². The molecule has 0 spiro atoms. The van der Waals surface area contributed by atoms with E-state index in [9.17, 15) is 9.59 Å². The average molecular weight is 493 g/mol. The first-order valence-electron chi connectivity index (χ1n) is 10.3. The number of hydrogen-bond donors (Lipinski definition) is 1. The van der Waals surface area contributed by atoms with Crippen LogP contribution >= 0.6 is 23.4 Å². The van der Waals surface area contributed by atoms with Crippen molar-refractivity contribution in [3.63, 3.8) is 0 Å². The Morgan fingerprint density at radius 1 is 0.971 bits per heavy atom. The number of halogens is 1. The molecule has 0 saturated heterocycles. The summed E-state index contributed by atoms with van der Waals surface area (Å²) in [6.07, 6.45) is 0. The van der Waals surface area contributed by atoms with Gasteiger partial charge in [0.15, 0.2) is 11.0 Å². The summed E-state index contributed by atoms with van der Waals surface area (Å²) in [4.78, 5) is 24.1. The first-order valence-corrected chi connectivity index (χ1v) is 11.7. The van der Waals surface area contributed by atoms with Crippen LogP contribution in [0.25, 0.3) is 17.1 Å². The molecule has 0 fully saturated rings. The van der Waals surface area contributed by atoms with Crippen molar-refractivity contribution in [2.75, 3.05) is 18.2 Å². The van der Waals surface area contributed by atoms with Gasteiger partial charge in [-0.3, -0.25) is 9.36 Å². The van der Waals surface area contributed by atoms with Gasteiger partial charge in [0.05, 0.1) is 18.4 Å². The van der Waals surface area contributed by atoms with Crippen LogP contribution in [-0.4, -0.2) is 39.5 Å². The molecule has 0 aliphatic rings. The molecule has 3 aromatic carbocycles. The minimum Gasteiger partial charge on any atom is -0.465 e. The molecule has 0 aliphatic heterocycles. The number of nitrogens with one attached hydrogen (secondary N) is 1. The highest BCUT2D eigenvalue weighted by atomic mass is 35.5. The Labute approximate surface area is 206 Å². The van der Waals surface area contributed by atoms with E-state index in [0.717, 1.165) is 16.8 Å². The average Bonchev–Trinajstić information content (AvgIpc) is 3.27. The molecule has 0 aliphatic carbocycles. The lowest BCUT2D eigenvalue weighted by Crippen LogP contribution is -2.14. The van der Waals surface area contributed by atoms with Crippen LogP contribution < -0.4 is 5.32 Å². The Bertz CT molecular complexity index is 1300. The number of anilines is 1. The highest BCUT2D eigenvalue weighted by Crippen LogP contribution is 2.29. The van der Waals surface area contributed by atoms with Crippen LogP contribution in [0.2, 0.25) is 5.02 Å². The quantitative estimate of drug-likeness (QED) is 0.274. The van der Waals surface area contributed by atoms with Crippen molar-refractivity contribution in [1.82, 2.24) is 14.8 Å². The summed E-state index contributed by atoms with van der Waals surface area (Å²) in [5, 5.41) is 12.8. The standard InChI is InChI=1S/C25H21ClN4O3S/c1-16-3-5-17(6-4-16)23-28-29-25(30(23)21-13-9-19(26)10-14-21)34-15-22(31)27-20-11-7-18(8-12-20)24(32)33-2/h3-14H,15H2,1-2H3,(H,27,31). The minimum atomic E-state index is -0.431. The van der Waals surface area contributed by atoms with Crippen LogP contribution in [0.4, 0.5) is 5.69 Å². The third-order valence-electron chi connectivity index (χ3n) is 4.95. The van der Waals surface area contributed by atoms with Crippen molar-refractivity contribution < 1.29 is 14.3 Å². The second-order valence-corrected chi connectivity index (χ2v) is 8.77. The lowest BCUT2D eigenvalue weighted by atomic mass is 10.1. The van der Waals surface area contributed by atoms with Crippen LogP contribution in [-0.2, 0) is 9.53 Å². The molecule has 172 valence electrons. The molecule has 1 heterocycles. The first-order chi connectivity index (χ1) is 16.4. The van der Waals surface area contributed by atoms with Gasteiger partial charge in [0, 0.05) is 22.0 Å². The fourth-order valence-corrected chi connectivity index (χ4v) is 4.09. The Morgan fingerprint density at radius 2 is 1.65 bits per heavy atom. The summed E-state index contributed by atoms with van der Waals surface area (Å²) in [6.45, 7) is 2.02. The molecule has 9 heteroatoms. The minimum absolute atomic E-state index is 0.123. The van der Waals surface area contributed by atoms with Crippen LogP contribution in [0.1, 0.15) is 15.9 Å². The molecular formula is C25H21ClN4O3S. The van der Waals surface area contributed by atoms with Gasteiger partial charge in [-0.15, -0.1) is 10.2 Å². The van der Waals surface area contributed by atoms with Crippen LogP contribution in [0.3, 0.4) is 0 Å². The van der Waals surface area contributed by atoms with Crippen molar-refractivity contribution in [3.05, 3.63) is 88.9 Å². The van der Waals surface area contributed by atoms with E-state index >= 15 is 0 Å². The molecule has 1 amide bonds. The van der Waals surface area contributed by atoms with Crippen molar-refractivity contribution in [2.45, 2.75) is 12.1 Å². The summed E-state index contributed by atoms with van der Waals surface area (Å²) in [6, 6.07) is 21.9. The number of benzene rings is 3. The zero-order chi connectivity index (χ0) is 24.1. The van der Waals surface area contributed by atoms with E-state index < -0.39 is 5.97 Å². The van der Waals surface area contributed by atoms with Gasteiger partial charge in [-0.2, -0.15) is 0 Å². The summed E-state index contributed by atoms with van der Waals surface area (Å²) >= 11 is 7.35. The Hall–Kier alpha value is -3.62. The fourth-order valence-electron chi connectivity index (χ4n) is 3.21. The predicted molar refractivity (Wildman–Crippen MR) is 134 cm³/mol. The molecule has 1 aromatic heterocycles. The van der Waals surface area contributed by atoms with E-state index in [1.54, 1.807) is 36.4 Å². The van der Waals surface area contributed by atoms with Gasteiger partial charge in [-0.25, -0.2) is 4.79 Å². The Morgan fingerprint density at radius 3 is 2.29 bits per heavy atom. The van der Waals surface area contributed by atoms with Crippen molar-refractivity contribution in [1.29, 1.82) is 0 Å². The number of hydrogen-bond acceptors (Lipinski definition) is 6. The maximum Gasteiger partial charge on any atom is 0.337 e. The second kappa shape index (κ2) is 10.5. The molecule has 4 aromatic rings. The number of ether oxygens (including phenoxy) is 1. The number of esters is 1. The number of thioether (sulfide) groups is 1. The van der Waals surface area contributed by atoms with Crippen molar-refractivity contribution in [2.24, 2.45) is 0 Å². The maximum absolute atomic E-state index is 12.6. The summed E-state index contributed by atoms with van der Waals surface area (Å²) < 4.78 is 6.59. The number of aryl methyl sites for hydroxylation is 1. The van der Waals surface area contributed by atoms with Gasteiger partial charge >= 0.3 is 5.97 Å². The number of aromatic nitrogens is 3. The van der Waals surface area contributed by atoms with Gasteiger partial charge < -0.3 is 10.1 Å². The summed E-state index contributed by atoms with van der Waals surface area (Å²) in [7, 11) is 1.32. The normalized spacial score (nSPS) is 10.7. The zero-order valence-electron chi connectivity index (χ0n) is 18.5. The second-order valence-electron chi connectivity index (χ2n) is 7.39. The molecule has 0 bridgehead atoms. The largest absolute Gasteiger partial charge is 0.465 e. The fraction of sp³-hybridized carbons (Fsp3) is 0.120. The molecular weight excluding hydrogens is 472 g/mol. The van der Waals surface area contributed by atoms with E-state index in [-0.39, 0.29) is 11.7 Å². The zero-order valence-corrected chi connectivity index (χ0v) is 20.1. The first kappa shape index (κ1) is 23.5. The number of methoxy groups -OCH3 is 1. The van der Waals surface area contributed by atoms with Gasteiger partial charge in [-0.1, -0.05) is 53.2 Å². The van der Waals surface area contributed by atoms with Gasteiger partial charge in [0.2, 0.25) is 5.91 Å². The van der Waals surface area contributed by atoms with Crippen LogP contribution in [0.15, 0.2) is 78.0 Å². The Kier molecular flexibility index (Phi) is 7.30. The van der Waals surface area contributed by atoms with Crippen LogP contribution in [0.5, 0.6) is 0 Å². The van der Waals surface area contributed by atoms with E-state index in [1.807, 2.05) is 47.9 Å². The molecule has 0 atom stereocenters. The van der Waals surface area contributed by atoms with Gasteiger partial charge in [0.25, 0.3) is 0 Å². The molecule has 34 heavy (non-hydrogen) atoms. The van der Waals surface area contributed by atoms with E-state index in [4.69, 9.17) is 11.6 Å². The van der Waals surface area contributed by atoms with Crippen LogP contribution in [0, 0.1) is 6.92 Å². The highest BCUT2D eigenvalue weighted by Gasteiger charge is 2.17. The number of nitrogens with zero attached hydrogens (tertiary/aromatic N) is 3. The summed E-state index contributed by atoms with van der Waals surface area (Å²) in [5.74, 6) is 0.152. The van der Waals surface area contributed by atoms with Crippen molar-refractivity contribution in [3.8, 4) is 17.1 Å². The molecule has 0 saturated carbocycles. The molecule has 4 rings (SSSR count).